The third-order valence-corrected chi connectivity index (χ3v) is 7.24. The predicted molar refractivity (Wildman–Crippen MR) is 137 cm³/mol. The summed E-state index contributed by atoms with van der Waals surface area (Å²) < 4.78 is 16.2. The van der Waals surface area contributed by atoms with E-state index >= 15 is 0 Å². The van der Waals surface area contributed by atoms with Gasteiger partial charge in [-0.15, -0.1) is 23.1 Å². The van der Waals surface area contributed by atoms with Crippen molar-refractivity contribution >= 4 is 50.8 Å². The van der Waals surface area contributed by atoms with Crippen molar-refractivity contribution in [3.63, 3.8) is 0 Å². The molecule has 34 heavy (non-hydrogen) atoms. The number of nitrogens with zero attached hydrogens (tertiary/aromatic N) is 2. The van der Waals surface area contributed by atoms with Gasteiger partial charge in [-0.1, -0.05) is 18.2 Å². The first-order valence-electron chi connectivity index (χ1n) is 10.7. The lowest BCUT2D eigenvalue weighted by molar-refractivity contribution is 0.0531. The van der Waals surface area contributed by atoms with E-state index in [1.807, 2.05) is 43.3 Å². The maximum absolute atomic E-state index is 12.6. The number of aromatic nitrogens is 2. The lowest BCUT2D eigenvalue weighted by Gasteiger charge is -2.14. The highest BCUT2D eigenvalue weighted by atomic mass is 32.2. The number of carbonyl (C=O) groups is 1. The topological polar surface area (TPSA) is 82.6 Å². The van der Waals surface area contributed by atoms with Gasteiger partial charge < -0.3 is 19.5 Å². The normalized spacial score (nSPS) is 10.8. The largest absolute Gasteiger partial charge is 0.497 e. The molecule has 0 saturated heterocycles. The summed E-state index contributed by atoms with van der Waals surface area (Å²) in [6, 6.07) is 15.6. The standard InChI is InChI=1S/C25H25N3O4S2/c1-5-32-25(29)22-15(2)21-23(26-18-13-16(30-3)11-12-19(18)31-4)27-20(28-24(21)34-22)14-33-17-9-7-6-8-10-17/h6-13H,5,14H2,1-4H3,(H,26,27,28). The molecule has 0 amide bonds. The van der Waals surface area contributed by atoms with E-state index in [1.54, 1.807) is 32.9 Å². The Morgan fingerprint density at radius 3 is 2.59 bits per heavy atom. The van der Waals surface area contributed by atoms with Gasteiger partial charge in [0.1, 0.15) is 32.8 Å². The molecule has 0 fully saturated rings. The smallest absolute Gasteiger partial charge is 0.348 e. The molecule has 0 spiro atoms. The van der Waals surface area contributed by atoms with Crippen LogP contribution in [0.2, 0.25) is 0 Å². The van der Waals surface area contributed by atoms with Crippen molar-refractivity contribution < 1.29 is 19.0 Å². The van der Waals surface area contributed by atoms with Gasteiger partial charge in [-0.2, -0.15) is 0 Å². The van der Waals surface area contributed by atoms with Crippen LogP contribution in [0.1, 0.15) is 28.0 Å². The maximum atomic E-state index is 12.6. The van der Waals surface area contributed by atoms with Gasteiger partial charge in [0.15, 0.2) is 0 Å². The van der Waals surface area contributed by atoms with Crippen LogP contribution in [0, 0.1) is 6.92 Å². The third-order valence-electron chi connectivity index (χ3n) is 5.07. The molecular formula is C25H25N3O4S2. The van der Waals surface area contributed by atoms with Crippen molar-refractivity contribution in [1.29, 1.82) is 0 Å². The highest BCUT2D eigenvalue weighted by Gasteiger charge is 2.22. The summed E-state index contributed by atoms with van der Waals surface area (Å²) >= 11 is 2.97. The fourth-order valence-electron chi connectivity index (χ4n) is 3.43. The molecule has 7 nitrogen and oxygen atoms in total. The molecule has 4 rings (SSSR count). The van der Waals surface area contributed by atoms with Crippen LogP contribution in [0.3, 0.4) is 0 Å². The number of aryl methyl sites for hydroxylation is 1. The Morgan fingerprint density at radius 2 is 1.88 bits per heavy atom. The molecule has 4 aromatic rings. The zero-order valence-electron chi connectivity index (χ0n) is 19.4. The third kappa shape index (κ3) is 5.10. The second-order valence-corrected chi connectivity index (χ2v) is 9.29. The first kappa shape index (κ1) is 23.8. The molecule has 0 radical (unpaired) electrons. The summed E-state index contributed by atoms with van der Waals surface area (Å²) in [4.78, 5) is 24.6. The number of esters is 1. The number of ether oxygens (including phenoxy) is 3. The van der Waals surface area contributed by atoms with E-state index in [1.165, 1.54) is 11.3 Å². The molecule has 0 atom stereocenters. The van der Waals surface area contributed by atoms with Gasteiger partial charge in [0.25, 0.3) is 0 Å². The highest BCUT2D eigenvalue weighted by molar-refractivity contribution is 7.98. The lowest BCUT2D eigenvalue weighted by atomic mass is 10.2. The van der Waals surface area contributed by atoms with Gasteiger partial charge in [-0.05, 0) is 43.7 Å². The van der Waals surface area contributed by atoms with Gasteiger partial charge in [0, 0.05) is 11.0 Å². The molecule has 0 saturated carbocycles. The van der Waals surface area contributed by atoms with E-state index in [9.17, 15) is 4.79 Å². The summed E-state index contributed by atoms with van der Waals surface area (Å²) in [7, 11) is 3.22. The second-order valence-electron chi connectivity index (χ2n) is 7.24. The minimum atomic E-state index is -0.354. The molecule has 2 aromatic heterocycles. The number of fused-ring (bicyclic) bond motifs is 1. The van der Waals surface area contributed by atoms with Gasteiger partial charge in [-0.25, -0.2) is 14.8 Å². The summed E-state index contributed by atoms with van der Waals surface area (Å²) in [5.74, 6) is 2.81. The van der Waals surface area contributed by atoms with Crippen molar-refractivity contribution in [3.05, 3.63) is 64.8 Å². The lowest BCUT2D eigenvalue weighted by Crippen LogP contribution is -2.04. The molecule has 1 N–H and O–H groups in total. The number of thioether (sulfide) groups is 1. The predicted octanol–water partition coefficient (Wildman–Crippen LogP) is 6.23. The Bertz CT molecular complexity index is 1310. The van der Waals surface area contributed by atoms with Crippen LogP contribution in [-0.4, -0.2) is 36.8 Å². The van der Waals surface area contributed by atoms with Crippen LogP contribution in [0.25, 0.3) is 10.2 Å². The average molecular weight is 496 g/mol. The van der Waals surface area contributed by atoms with Gasteiger partial charge in [0.2, 0.25) is 0 Å². The van der Waals surface area contributed by atoms with Crippen LogP contribution in [0.4, 0.5) is 11.5 Å². The fraction of sp³-hybridized carbons (Fsp3) is 0.240. The first-order chi connectivity index (χ1) is 16.5. The molecule has 0 unspecified atom stereocenters. The van der Waals surface area contributed by atoms with Crippen LogP contribution in [-0.2, 0) is 10.5 Å². The maximum Gasteiger partial charge on any atom is 0.348 e. The van der Waals surface area contributed by atoms with E-state index in [4.69, 9.17) is 24.2 Å². The minimum Gasteiger partial charge on any atom is -0.497 e. The molecular weight excluding hydrogens is 470 g/mol. The Hall–Kier alpha value is -3.30. The summed E-state index contributed by atoms with van der Waals surface area (Å²) in [6.07, 6.45) is 0. The van der Waals surface area contributed by atoms with E-state index in [0.29, 0.717) is 46.1 Å². The van der Waals surface area contributed by atoms with Gasteiger partial charge in [0.05, 0.1) is 37.7 Å². The average Bonchev–Trinajstić information content (AvgIpc) is 3.20. The second kappa shape index (κ2) is 10.8. The Kier molecular flexibility index (Phi) is 7.54. The minimum absolute atomic E-state index is 0.309. The molecule has 9 heteroatoms. The van der Waals surface area contributed by atoms with Crippen LogP contribution in [0.5, 0.6) is 11.5 Å². The zero-order valence-corrected chi connectivity index (χ0v) is 21.0. The quantitative estimate of drug-likeness (QED) is 0.216. The Morgan fingerprint density at radius 1 is 1.09 bits per heavy atom. The highest BCUT2D eigenvalue weighted by Crippen LogP contribution is 2.38. The van der Waals surface area contributed by atoms with E-state index in [2.05, 4.69) is 17.4 Å². The van der Waals surface area contributed by atoms with E-state index < -0.39 is 0 Å². The van der Waals surface area contributed by atoms with Crippen LogP contribution < -0.4 is 14.8 Å². The Labute approximate surface area is 206 Å². The van der Waals surface area contributed by atoms with Crippen LogP contribution >= 0.6 is 23.1 Å². The number of thiophene rings is 1. The number of benzene rings is 2. The molecule has 0 aliphatic carbocycles. The number of nitrogens with one attached hydrogen (secondary N) is 1. The van der Waals surface area contributed by atoms with E-state index in [0.717, 1.165) is 20.7 Å². The molecule has 2 aromatic carbocycles. The monoisotopic (exact) mass is 495 g/mol. The van der Waals surface area contributed by atoms with Crippen molar-refractivity contribution in [1.82, 2.24) is 9.97 Å². The summed E-state index contributed by atoms with van der Waals surface area (Å²) in [5, 5.41) is 4.18. The molecule has 0 aliphatic heterocycles. The van der Waals surface area contributed by atoms with E-state index in [-0.39, 0.29) is 5.97 Å². The number of carbonyl (C=O) groups excluding carboxylic acids is 1. The molecule has 0 bridgehead atoms. The molecule has 2 heterocycles. The SMILES string of the molecule is CCOC(=O)c1sc2nc(CSc3ccccc3)nc(Nc3cc(OC)ccc3OC)c2c1C. The van der Waals surface area contributed by atoms with Crippen molar-refractivity contribution in [2.24, 2.45) is 0 Å². The Balaban J connectivity index is 1.79. The number of hydrogen-bond acceptors (Lipinski definition) is 9. The number of hydrogen-bond donors (Lipinski definition) is 1. The number of rotatable bonds is 9. The number of methoxy groups -OCH3 is 2. The number of anilines is 2. The van der Waals surface area contributed by atoms with Crippen molar-refractivity contribution in [2.75, 3.05) is 26.1 Å². The fourth-order valence-corrected chi connectivity index (χ4v) is 5.30. The van der Waals surface area contributed by atoms with Crippen LogP contribution in [0.15, 0.2) is 53.4 Å². The summed E-state index contributed by atoms with van der Waals surface area (Å²) in [6.45, 7) is 3.99. The molecule has 176 valence electrons. The summed E-state index contributed by atoms with van der Waals surface area (Å²) in [5.41, 5.74) is 1.48. The first-order valence-corrected chi connectivity index (χ1v) is 12.5. The van der Waals surface area contributed by atoms with Crippen molar-refractivity contribution in [2.45, 2.75) is 24.5 Å². The van der Waals surface area contributed by atoms with Crippen molar-refractivity contribution in [3.8, 4) is 11.5 Å². The zero-order chi connectivity index (χ0) is 24.1. The molecule has 0 aliphatic rings. The van der Waals surface area contributed by atoms with Gasteiger partial charge >= 0.3 is 5.97 Å². The van der Waals surface area contributed by atoms with Gasteiger partial charge in [-0.3, -0.25) is 0 Å².